The standard InChI is InChI=1S/C24H27F3N4O3/c1-12(15-5-4-6-16(19(15)25)20(26)27)28-21-17-11-18(24(34)9-7-14(32)8-10-24)23(33)31(3)22(17)30-13(2)29-21/h4-6,11-12,14,20,32,34H,7-10H2,1-3H3,(H,28,29,30)/t12-,14?,24?/m1/s1. The van der Waals surface area contributed by atoms with Gasteiger partial charge >= 0.3 is 0 Å². The number of pyridine rings is 1. The monoisotopic (exact) mass is 476 g/mol. The third-order valence-corrected chi connectivity index (χ3v) is 6.58. The van der Waals surface area contributed by atoms with Crippen LogP contribution in [0.2, 0.25) is 0 Å². The quantitative estimate of drug-likeness (QED) is 0.515. The van der Waals surface area contributed by atoms with Crippen LogP contribution in [-0.4, -0.2) is 30.9 Å². The highest BCUT2D eigenvalue weighted by molar-refractivity contribution is 5.87. The van der Waals surface area contributed by atoms with Gasteiger partial charge in [0.25, 0.3) is 12.0 Å². The van der Waals surface area contributed by atoms with E-state index >= 15 is 0 Å². The highest BCUT2D eigenvalue weighted by Gasteiger charge is 2.37. The maximum Gasteiger partial charge on any atom is 0.266 e. The van der Waals surface area contributed by atoms with Crippen molar-refractivity contribution in [3.8, 4) is 0 Å². The lowest BCUT2D eigenvalue weighted by Crippen LogP contribution is -2.39. The van der Waals surface area contributed by atoms with Crippen LogP contribution in [0.25, 0.3) is 11.0 Å². The number of nitrogens with zero attached hydrogens (tertiary/aromatic N) is 3. The fourth-order valence-electron chi connectivity index (χ4n) is 4.59. The van der Waals surface area contributed by atoms with E-state index in [1.807, 2.05) is 0 Å². The second-order valence-electron chi connectivity index (χ2n) is 8.96. The van der Waals surface area contributed by atoms with Crippen LogP contribution in [0.3, 0.4) is 0 Å². The summed E-state index contributed by atoms with van der Waals surface area (Å²) in [4.78, 5) is 21.9. The molecule has 0 bridgehead atoms. The molecule has 182 valence electrons. The van der Waals surface area contributed by atoms with Crippen molar-refractivity contribution in [2.45, 2.75) is 63.7 Å². The lowest BCUT2D eigenvalue weighted by Gasteiger charge is -2.34. The maximum absolute atomic E-state index is 14.7. The number of hydrogen-bond donors (Lipinski definition) is 3. The number of aliphatic hydroxyl groups is 2. The van der Waals surface area contributed by atoms with Gasteiger partial charge in [0.2, 0.25) is 0 Å². The minimum atomic E-state index is -2.94. The van der Waals surface area contributed by atoms with Crippen molar-refractivity contribution in [3.63, 3.8) is 0 Å². The Morgan fingerprint density at radius 3 is 2.50 bits per heavy atom. The molecule has 0 saturated heterocycles. The molecule has 3 aromatic rings. The minimum absolute atomic E-state index is 0.0483. The number of rotatable bonds is 5. The average Bonchev–Trinajstić information content (AvgIpc) is 2.78. The molecule has 1 fully saturated rings. The van der Waals surface area contributed by atoms with Gasteiger partial charge in [0.15, 0.2) is 0 Å². The van der Waals surface area contributed by atoms with Crippen LogP contribution in [0.1, 0.15) is 67.6 Å². The molecular formula is C24H27F3N4O3. The zero-order chi connectivity index (χ0) is 24.8. The summed E-state index contributed by atoms with van der Waals surface area (Å²) in [5.41, 5.74) is -1.96. The van der Waals surface area contributed by atoms with Gasteiger partial charge < -0.3 is 15.5 Å². The second-order valence-corrected chi connectivity index (χ2v) is 8.96. The molecule has 7 nitrogen and oxygen atoms in total. The molecule has 1 aliphatic rings. The van der Waals surface area contributed by atoms with E-state index in [1.165, 1.54) is 22.8 Å². The number of anilines is 1. The maximum atomic E-state index is 14.7. The Morgan fingerprint density at radius 2 is 1.85 bits per heavy atom. The molecule has 2 aromatic heterocycles. The number of alkyl halides is 2. The minimum Gasteiger partial charge on any atom is -0.393 e. The Morgan fingerprint density at radius 1 is 1.21 bits per heavy atom. The van der Waals surface area contributed by atoms with Gasteiger partial charge in [-0.2, -0.15) is 0 Å². The van der Waals surface area contributed by atoms with Gasteiger partial charge in [-0.15, -0.1) is 0 Å². The molecule has 0 radical (unpaired) electrons. The number of aliphatic hydroxyl groups excluding tert-OH is 1. The Kier molecular flexibility index (Phi) is 6.39. The van der Waals surface area contributed by atoms with Crippen LogP contribution in [0.5, 0.6) is 0 Å². The highest BCUT2D eigenvalue weighted by atomic mass is 19.3. The largest absolute Gasteiger partial charge is 0.393 e. The number of aromatic nitrogens is 3. The van der Waals surface area contributed by atoms with Gasteiger partial charge in [0, 0.05) is 18.2 Å². The number of hydrogen-bond acceptors (Lipinski definition) is 6. The predicted molar refractivity (Wildman–Crippen MR) is 121 cm³/mol. The third-order valence-electron chi connectivity index (χ3n) is 6.58. The summed E-state index contributed by atoms with van der Waals surface area (Å²) in [5, 5.41) is 24.6. The van der Waals surface area contributed by atoms with E-state index in [2.05, 4.69) is 15.3 Å². The molecule has 1 saturated carbocycles. The van der Waals surface area contributed by atoms with Gasteiger partial charge in [-0.3, -0.25) is 9.36 Å². The van der Waals surface area contributed by atoms with Crippen LogP contribution in [0, 0.1) is 12.7 Å². The first kappa shape index (κ1) is 24.2. The van der Waals surface area contributed by atoms with Gasteiger partial charge in [0.05, 0.1) is 28.7 Å². The zero-order valence-corrected chi connectivity index (χ0v) is 19.1. The Balaban J connectivity index is 1.82. The molecule has 3 N–H and O–H groups in total. The predicted octanol–water partition coefficient (Wildman–Crippen LogP) is 4.01. The average molecular weight is 476 g/mol. The van der Waals surface area contributed by atoms with Gasteiger partial charge in [-0.05, 0) is 45.6 Å². The SMILES string of the molecule is Cc1nc(N[C@H](C)c2cccc(C(F)F)c2F)c2cc(C3(O)CCC(O)CC3)c(=O)n(C)c2n1. The molecular weight excluding hydrogens is 449 g/mol. The number of fused-ring (bicyclic) bond motifs is 1. The van der Waals surface area contributed by atoms with Crippen LogP contribution in [0.4, 0.5) is 19.0 Å². The molecule has 0 spiro atoms. The third kappa shape index (κ3) is 4.27. The van der Waals surface area contributed by atoms with Crippen molar-refractivity contribution >= 4 is 16.9 Å². The molecule has 0 unspecified atom stereocenters. The van der Waals surface area contributed by atoms with Gasteiger partial charge in [0.1, 0.15) is 23.1 Å². The van der Waals surface area contributed by atoms with Crippen molar-refractivity contribution in [2.75, 3.05) is 5.32 Å². The first-order valence-corrected chi connectivity index (χ1v) is 11.1. The Labute approximate surface area is 194 Å². The van der Waals surface area contributed by atoms with Crippen molar-refractivity contribution < 1.29 is 23.4 Å². The van der Waals surface area contributed by atoms with Crippen LogP contribution < -0.4 is 10.9 Å². The Bertz CT molecular complexity index is 1290. The number of nitrogens with one attached hydrogen (secondary N) is 1. The smallest absolute Gasteiger partial charge is 0.266 e. The van der Waals surface area contributed by atoms with E-state index in [0.29, 0.717) is 29.7 Å². The molecule has 0 aliphatic heterocycles. The van der Waals surface area contributed by atoms with Crippen molar-refractivity contribution in [2.24, 2.45) is 7.05 Å². The fraction of sp³-hybridized carbons (Fsp3) is 0.458. The molecule has 2 heterocycles. The summed E-state index contributed by atoms with van der Waals surface area (Å²) < 4.78 is 42.4. The number of halogens is 3. The van der Waals surface area contributed by atoms with Gasteiger partial charge in [-0.1, -0.05) is 18.2 Å². The van der Waals surface area contributed by atoms with Crippen molar-refractivity contribution in [3.05, 3.63) is 63.0 Å². The zero-order valence-electron chi connectivity index (χ0n) is 19.1. The molecule has 0 amide bonds. The lowest BCUT2D eigenvalue weighted by molar-refractivity contribution is -0.0371. The lowest BCUT2D eigenvalue weighted by atomic mass is 9.79. The number of benzene rings is 1. The van der Waals surface area contributed by atoms with Crippen LogP contribution in [0.15, 0.2) is 29.1 Å². The van der Waals surface area contributed by atoms with Crippen molar-refractivity contribution in [1.29, 1.82) is 0 Å². The second kappa shape index (κ2) is 8.99. The fourth-order valence-corrected chi connectivity index (χ4v) is 4.59. The molecule has 34 heavy (non-hydrogen) atoms. The molecule has 1 atom stereocenters. The molecule has 10 heteroatoms. The molecule has 4 rings (SSSR count). The summed E-state index contributed by atoms with van der Waals surface area (Å²) in [6.45, 7) is 3.26. The van der Waals surface area contributed by atoms with Gasteiger partial charge in [-0.25, -0.2) is 23.1 Å². The topological polar surface area (TPSA) is 100 Å². The molecule has 1 aliphatic carbocycles. The van der Waals surface area contributed by atoms with Crippen LogP contribution >= 0.6 is 0 Å². The van der Waals surface area contributed by atoms with E-state index in [0.717, 1.165) is 6.07 Å². The summed E-state index contributed by atoms with van der Waals surface area (Å²) in [7, 11) is 1.54. The number of aryl methyl sites for hydroxylation is 2. The summed E-state index contributed by atoms with van der Waals surface area (Å²) in [6, 6.07) is 4.65. The van der Waals surface area contributed by atoms with E-state index < -0.39 is 41.1 Å². The molecule has 1 aromatic carbocycles. The van der Waals surface area contributed by atoms with Crippen molar-refractivity contribution in [1.82, 2.24) is 14.5 Å². The normalized spacial score (nSPS) is 21.7. The first-order chi connectivity index (χ1) is 16.0. The highest BCUT2D eigenvalue weighted by Crippen LogP contribution is 2.37. The summed E-state index contributed by atoms with van der Waals surface area (Å²) >= 11 is 0. The summed E-state index contributed by atoms with van der Waals surface area (Å²) in [6.07, 6.45) is -2.28. The van der Waals surface area contributed by atoms with E-state index in [4.69, 9.17) is 0 Å². The Hall–Kier alpha value is -2.98. The van der Waals surface area contributed by atoms with Crippen LogP contribution in [-0.2, 0) is 12.6 Å². The summed E-state index contributed by atoms with van der Waals surface area (Å²) in [5.74, 6) is -0.352. The van der Waals surface area contributed by atoms with E-state index in [-0.39, 0.29) is 29.8 Å². The van der Waals surface area contributed by atoms with E-state index in [1.54, 1.807) is 20.9 Å². The van der Waals surface area contributed by atoms with E-state index in [9.17, 15) is 28.2 Å². The first-order valence-electron chi connectivity index (χ1n) is 11.1.